The summed E-state index contributed by atoms with van der Waals surface area (Å²) in [6, 6.07) is 10.5. The fraction of sp³-hybridized carbons (Fsp3) is 0.227. The Morgan fingerprint density at radius 1 is 1.17 bits per heavy atom. The Bertz CT molecular complexity index is 1040. The minimum absolute atomic E-state index is 0.126. The number of nitrogens with zero attached hydrogens (tertiary/aromatic N) is 3. The number of aliphatic hydroxyl groups is 1. The summed E-state index contributed by atoms with van der Waals surface area (Å²) < 4.78 is 1.93. The second kappa shape index (κ2) is 8.05. The Kier molecular flexibility index (Phi) is 5.31. The van der Waals surface area contributed by atoms with Crippen LogP contribution in [0.1, 0.15) is 28.5 Å². The van der Waals surface area contributed by atoms with Crippen molar-refractivity contribution in [3.63, 3.8) is 0 Å². The van der Waals surface area contributed by atoms with E-state index in [2.05, 4.69) is 4.98 Å². The van der Waals surface area contributed by atoms with Crippen molar-refractivity contribution in [1.29, 1.82) is 0 Å². The molecule has 1 amide bonds. The average molecular weight is 407 g/mol. The molecule has 3 aromatic rings. The molecule has 148 valence electrons. The number of likely N-dealkylation sites (tertiary alicyclic amines) is 1. The van der Waals surface area contributed by atoms with E-state index in [1.54, 1.807) is 29.6 Å². The van der Waals surface area contributed by atoms with E-state index < -0.39 is 17.7 Å². The summed E-state index contributed by atoms with van der Waals surface area (Å²) in [5.41, 5.74) is 1.74. The molecule has 7 heteroatoms. The first-order valence-electron chi connectivity index (χ1n) is 9.41. The molecular weight excluding hydrogens is 386 g/mol. The van der Waals surface area contributed by atoms with E-state index in [0.717, 1.165) is 10.4 Å². The standard InChI is InChI=1S/C22H21N3O3S/c1-15-5-7-16(8-6-15)20(26)18-19(17-4-2-13-29-17)25(22(28)21(18)27)11-3-10-24-12-9-23-14-24/h2,4-9,12-14,19,26H,3,10-11H2,1H3/b20-18+/t19-/m0/s1. The van der Waals surface area contributed by atoms with Gasteiger partial charge in [0.25, 0.3) is 11.7 Å². The lowest BCUT2D eigenvalue weighted by molar-refractivity contribution is -0.139. The number of amides is 1. The Morgan fingerprint density at radius 3 is 2.62 bits per heavy atom. The van der Waals surface area contributed by atoms with Gasteiger partial charge in [-0.3, -0.25) is 9.59 Å². The first-order valence-corrected chi connectivity index (χ1v) is 10.3. The Balaban J connectivity index is 1.68. The van der Waals surface area contributed by atoms with Crippen molar-refractivity contribution in [2.24, 2.45) is 0 Å². The van der Waals surface area contributed by atoms with E-state index in [9.17, 15) is 14.7 Å². The Hall–Kier alpha value is -3.19. The maximum absolute atomic E-state index is 12.9. The van der Waals surface area contributed by atoms with Gasteiger partial charge < -0.3 is 14.6 Å². The van der Waals surface area contributed by atoms with Gasteiger partial charge in [0.2, 0.25) is 0 Å². The van der Waals surface area contributed by atoms with Crippen molar-refractivity contribution < 1.29 is 14.7 Å². The van der Waals surface area contributed by atoms with Crippen molar-refractivity contribution >= 4 is 28.8 Å². The molecule has 1 atom stereocenters. The smallest absolute Gasteiger partial charge is 0.295 e. The summed E-state index contributed by atoms with van der Waals surface area (Å²) in [4.78, 5) is 32.2. The molecule has 29 heavy (non-hydrogen) atoms. The number of Topliss-reactive ketones (excluding diaryl/α,β-unsaturated/α-hetero) is 1. The van der Waals surface area contributed by atoms with Gasteiger partial charge in [-0.05, 0) is 24.8 Å². The summed E-state index contributed by atoms with van der Waals surface area (Å²) in [6.07, 6.45) is 5.97. The SMILES string of the molecule is Cc1ccc(/C(O)=C2\C(=O)C(=O)N(CCCn3ccnc3)[C@H]2c2cccs2)cc1. The molecule has 2 aromatic heterocycles. The fourth-order valence-electron chi connectivity index (χ4n) is 3.56. The molecule has 1 N–H and O–H groups in total. The monoisotopic (exact) mass is 407 g/mol. The van der Waals surface area contributed by atoms with Gasteiger partial charge in [-0.15, -0.1) is 11.3 Å². The number of carbonyl (C=O) groups is 2. The molecule has 3 heterocycles. The van der Waals surface area contributed by atoms with E-state index in [0.29, 0.717) is 25.1 Å². The molecule has 0 radical (unpaired) electrons. The second-order valence-electron chi connectivity index (χ2n) is 7.03. The predicted octanol–water partition coefficient (Wildman–Crippen LogP) is 3.77. The molecule has 0 saturated carbocycles. The first kappa shape index (κ1) is 19.1. The van der Waals surface area contributed by atoms with Crippen molar-refractivity contribution in [2.45, 2.75) is 25.9 Å². The van der Waals surface area contributed by atoms with E-state index in [-0.39, 0.29) is 11.3 Å². The van der Waals surface area contributed by atoms with Crippen LogP contribution in [0.4, 0.5) is 0 Å². The third kappa shape index (κ3) is 3.73. The molecule has 6 nitrogen and oxygen atoms in total. The number of hydrogen-bond acceptors (Lipinski definition) is 5. The Morgan fingerprint density at radius 2 is 1.97 bits per heavy atom. The highest BCUT2D eigenvalue weighted by Crippen LogP contribution is 2.41. The zero-order valence-electron chi connectivity index (χ0n) is 16.0. The lowest BCUT2D eigenvalue weighted by Crippen LogP contribution is -2.31. The van der Waals surface area contributed by atoms with Crippen LogP contribution in [0.3, 0.4) is 0 Å². The molecule has 4 rings (SSSR count). The summed E-state index contributed by atoms with van der Waals surface area (Å²) in [6.45, 7) is 3.06. The second-order valence-corrected chi connectivity index (χ2v) is 8.01. The highest BCUT2D eigenvalue weighted by Gasteiger charge is 2.46. The van der Waals surface area contributed by atoms with Crippen LogP contribution < -0.4 is 0 Å². The highest BCUT2D eigenvalue weighted by atomic mass is 32.1. The maximum atomic E-state index is 12.9. The molecule has 0 spiro atoms. The van der Waals surface area contributed by atoms with E-state index in [1.165, 1.54) is 11.3 Å². The van der Waals surface area contributed by atoms with E-state index in [4.69, 9.17) is 0 Å². The van der Waals surface area contributed by atoms with E-state index >= 15 is 0 Å². The zero-order chi connectivity index (χ0) is 20.4. The number of carbonyl (C=O) groups excluding carboxylic acids is 2. The number of aliphatic hydroxyl groups excluding tert-OH is 1. The fourth-order valence-corrected chi connectivity index (χ4v) is 4.41. The first-order chi connectivity index (χ1) is 14.1. The third-order valence-electron chi connectivity index (χ3n) is 5.05. The number of rotatable bonds is 6. The van der Waals surface area contributed by atoms with Gasteiger partial charge in [0.1, 0.15) is 5.76 Å². The van der Waals surface area contributed by atoms with Crippen molar-refractivity contribution in [2.75, 3.05) is 6.54 Å². The minimum Gasteiger partial charge on any atom is -0.507 e. The molecule has 0 unspecified atom stereocenters. The van der Waals surface area contributed by atoms with Crippen molar-refractivity contribution in [3.05, 3.63) is 82.1 Å². The number of aromatic nitrogens is 2. The third-order valence-corrected chi connectivity index (χ3v) is 5.98. The topological polar surface area (TPSA) is 75.4 Å². The molecule has 0 bridgehead atoms. The van der Waals surface area contributed by atoms with Gasteiger partial charge in [-0.2, -0.15) is 0 Å². The number of benzene rings is 1. The molecule has 0 aliphatic carbocycles. The lowest BCUT2D eigenvalue weighted by Gasteiger charge is -2.24. The predicted molar refractivity (Wildman–Crippen MR) is 111 cm³/mol. The zero-order valence-corrected chi connectivity index (χ0v) is 16.8. The van der Waals surface area contributed by atoms with E-state index in [1.807, 2.05) is 47.3 Å². The summed E-state index contributed by atoms with van der Waals surface area (Å²) in [5, 5.41) is 12.8. The number of thiophene rings is 1. The molecule has 1 aliphatic rings. The molecule has 1 fully saturated rings. The van der Waals surface area contributed by atoms with Crippen LogP contribution in [0, 0.1) is 6.92 Å². The van der Waals surface area contributed by atoms with Gasteiger partial charge in [0.05, 0.1) is 17.9 Å². The summed E-state index contributed by atoms with van der Waals surface area (Å²) in [5.74, 6) is -1.33. The van der Waals surface area contributed by atoms with Crippen molar-refractivity contribution in [3.8, 4) is 0 Å². The maximum Gasteiger partial charge on any atom is 0.295 e. The van der Waals surface area contributed by atoms with Gasteiger partial charge >= 0.3 is 0 Å². The van der Waals surface area contributed by atoms with Crippen LogP contribution in [0.2, 0.25) is 0 Å². The van der Waals surface area contributed by atoms with Crippen LogP contribution >= 0.6 is 11.3 Å². The van der Waals surface area contributed by atoms with Crippen LogP contribution in [-0.4, -0.2) is 37.8 Å². The van der Waals surface area contributed by atoms with Crippen LogP contribution in [0.5, 0.6) is 0 Å². The van der Waals surface area contributed by atoms with Crippen molar-refractivity contribution in [1.82, 2.24) is 14.5 Å². The average Bonchev–Trinajstić information content (AvgIpc) is 3.46. The lowest BCUT2D eigenvalue weighted by atomic mass is 9.99. The van der Waals surface area contributed by atoms with Crippen LogP contribution in [0.25, 0.3) is 5.76 Å². The molecular formula is C22H21N3O3S. The largest absolute Gasteiger partial charge is 0.507 e. The van der Waals surface area contributed by atoms with Crippen LogP contribution in [-0.2, 0) is 16.1 Å². The number of aryl methyl sites for hydroxylation is 2. The van der Waals surface area contributed by atoms with Gasteiger partial charge in [-0.25, -0.2) is 4.98 Å². The van der Waals surface area contributed by atoms with Gasteiger partial charge in [0.15, 0.2) is 0 Å². The van der Waals surface area contributed by atoms with Gasteiger partial charge in [0, 0.05) is 35.9 Å². The Labute approximate surface area is 172 Å². The minimum atomic E-state index is -0.635. The number of hydrogen-bond donors (Lipinski definition) is 1. The normalized spacial score (nSPS) is 18.5. The molecule has 1 saturated heterocycles. The molecule has 1 aromatic carbocycles. The quantitative estimate of drug-likeness (QED) is 0.383. The van der Waals surface area contributed by atoms with Gasteiger partial charge in [-0.1, -0.05) is 35.9 Å². The summed E-state index contributed by atoms with van der Waals surface area (Å²) in [7, 11) is 0. The molecule has 1 aliphatic heterocycles. The summed E-state index contributed by atoms with van der Waals surface area (Å²) >= 11 is 1.47. The van der Waals surface area contributed by atoms with Crippen LogP contribution in [0.15, 0.2) is 66.1 Å². The number of ketones is 1. The number of imidazole rings is 1. The highest BCUT2D eigenvalue weighted by molar-refractivity contribution is 7.10.